The van der Waals surface area contributed by atoms with Crippen LogP contribution in [0, 0.1) is 0 Å². The van der Waals surface area contributed by atoms with Crippen LogP contribution in [0.3, 0.4) is 0 Å². The Bertz CT molecular complexity index is 3300. The molecule has 0 bridgehead atoms. The minimum Gasteiger partial charge on any atom is -0.0990 e. The Labute approximate surface area is 335 Å². The molecule has 0 aliphatic heterocycles. The number of benzene rings is 10. The molecule has 0 heteroatoms. The molecule has 10 aromatic carbocycles. The van der Waals surface area contributed by atoms with Gasteiger partial charge in [0.1, 0.15) is 0 Å². The van der Waals surface area contributed by atoms with Crippen molar-refractivity contribution in [2.24, 2.45) is 0 Å². The van der Waals surface area contributed by atoms with E-state index in [9.17, 15) is 0 Å². The summed E-state index contributed by atoms with van der Waals surface area (Å²) in [6.07, 6.45) is 5.10. The molecule has 0 aromatic heterocycles. The summed E-state index contributed by atoms with van der Waals surface area (Å²) in [5.41, 5.74) is 14.6. The van der Waals surface area contributed by atoms with Gasteiger partial charge in [-0.2, -0.15) is 0 Å². The molecule has 0 saturated carbocycles. The summed E-state index contributed by atoms with van der Waals surface area (Å²) in [6.45, 7) is 18.0. The van der Waals surface area contributed by atoms with Gasteiger partial charge in [0.25, 0.3) is 0 Å². The lowest BCUT2D eigenvalue weighted by molar-refractivity contribution is 0.591. The normalized spacial score (nSPS) is 13.5. The van der Waals surface area contributed by atoms with Crippen LogP contribution in [0.1, 0.15) is 74.9 Å². The van der Waals surface area contributed by atoms with Crippen molar-refractivity contribution in [1.29, 1.82) is 0 Å². The molecule has 0 fully saturated rings. The Morgan fingerprint density at radius 3 is 1.54 bits per heavy atom. The molecule has 57 heavy (non-hydrogen) atoms. The van der Waals surface area contributed by atoms with Crippen LogP contribution in [0.25, 0.3) is 92.5 Å². The second-order valence-corrected chi connectivity index (χ2v) is 18.6. The van der Waals surface area contributed by atoms with Crippen molar-refractivity contribution in [3.8, 4) is 22.3 Å². The molecule has 10 aromatic rings. The number of hydrogen-bond acceptors (Lipinski definition) is 0. The lowest BCUT2D eigenvalue weighted by Gasteiger charge is -2.22. The van der Waals surface area contributed by atoms with Gasteiger partial charge in [-0.15, -0.1) is 0 Å². The Morgan fingerprint density at radius 1 is 0.456 bits per heavy atom. The van der Waals surface area contributed by atoms with Gasteiger partial charge in [-0.25, -0.2) is 0 Å². The SMILES string of the molecule is C=C/C=C(\c1ccc2c(c1)-c1cc(-c3ccc4ccc5cc(C(C)(C)C)cc6ccc3c4c56)ccc1C2)c1ccc2ccc3cc(C(C)(C)C)cc4ccc1c2c34. The van der Waals surface area contributed by atoms with E-state index in [0.29, 0.717) is 0 Å². The zero-order valence-corrected chi connectivity index (χ0v) is 33.8. The predicted molar refractivity (Wildman–Crippen MR) is 249 cm³/mol. The molecule has 0 amide bonds. The van der Waals surface area contributed by atoms with Crippen LogP contribution in [0.5, 0.6) is 0 Å². The first kappa shape index (κ1) is 34.0. The molecular formula is C57H46. The van der Waals surface area contributed by atoms with Gasteiger partial charge in [-0.1, -0.05) is 182 Å². The van der Waals surface area contributed by atoms with Crippen molar-refractivity contribution in [2.45, 2.75) is 58.8 Å². The first-order chi connectivity index (χ1) is 27.4. The molecule has 11 rings (SSSR count). The van der Waals surface area contributed by atoms with Crippen molar-refractivity contribution >= 4 is 70.2 Å². The van der Waals surface area contributed by atoms with Gasteiger partial charge in [-0.05, 0) is 155 Å². The first-order valence-electron chi connectivity index (χ1n) is 20.5. The maximum Gasteiger partial charge on any atom is -0.00134 e. The first-order valence-corrected chi connectivity index (χ1v) is 20.5. The largest absolute Gasteiger partial charge is 0.0990 e. The summed E-state index contributed by atoms with van der Waals surface area (Å²) in [5.74, 6) is 0. The van der Waals surface area contributed by atoms with E-state index in [1.54, 1.807) is 0 Å². The summed E-state index contributed by atoms with van der Waals surface area (Å²) in [6, 6.07) is 51.7. The number of allylic oxidation sites excluding steroid dienone is 2. The molecule has 0 unspecified atom stereocenters. The van der Waals surface area contributed by atoms with Crippen molar-refractivity contribution in [1.82, 2.24) is 0 Å². The Balaban J connectivity index is 1.04. The molecule has 1 aliphatic carbocycles. The third-order valence-electron chi connectivity index (χ3n) is 13.0. The summed E-state index contributed by atoms with van der Waals surface area (Å²) in [5, 5.41) is 15.9. The maximum atomic E-state index is 4.19. The van der Waals surface area contributed by atoms with Crippen molar-refractivity contribution in [3.63, 3.8) is 0 Å². The zero-order valence-electron chi connectivity index (χ0n) is 33.8. The Kier molecular flexibility index (Phi) is 7.10. The van der Waals surface area contributed by atoms with Crippen molar-refractivity contribution < 1.29 is 0 Å². The van der Waals surface area contributed by atoms with E-state index < -0.39 is 0 Å². The Morgan fingerprint density at radius 2 is 0.947 bits per heavy atom. The van der Waals surface area contributed by atoms with E-state index in [1.165, 1.54) is 126 Å². The third kappa shape index (κ3) is 5.13. The second-order valence-electron chi connectivity index (χ2n) is 18.6. The van der Waals surface area contributed by atoms with E-state index in [2.05, 4.69) is 188 Å². The van der Waals surface area contributed by atoms with E-state index in [-0.39, 0.29) is 10.8 Å². The monoisotopic (exact) mass is 730 g/mol. The summed E-state index contributed by atoms with van der Waals surface area (Å²) in [4.78, 5) is 0. The van der Waals surface area contributed by atoms with E-state index in [4.69, 9.17) is 0 Å². The lowest BCUT2D eigenvalue weighted by Crippen LogP contribution is -2.10. The average molecular weight is 731 g/mol. The van der Waals surface area contributed by atoms with Crippen LogP contribution in [-0.2, 0) is 17.3 Å². The van der Waals surface area contributed by atoms with Crippen LogP contribution in [0.4, 0.5) is 0 Å². The smallest absolute Gasteiger partial charge is 0.00134 e. The van der Waals surface area contributed by atoms with E-state index >= 15 is 0 Å². The number of hydrogen-bond donors (Lipinski definition) is 0. The molecule has 0 spiro atoms. The summed E-state index contributed by atoms with van der Waals surface area (Å²) >= 11 is 0. The number of rotatable bonds is 4. The highest BCUT2D eigenvalue weighted by Crippen LogP contribution is 2.46. The second kappa shape index (κ2) is 11.9. The fourth-order valence-electron chi connectivity index (χ4n) is 9.95. The van der Waals surface area contributed by atoms with Gasteiger partial charge in [-0.3, -0.25) is 0 Å². The van der Waals surface area contributed by atoms with Crippen LogP contribution >= 0.6 is 0 Å². The highest BCUT2D eigenvalue weighted by molar-refractivity contribution is 6.26. The molecular weight excluding hydrogens is 685 g/mol. The quantitative estimate of drug-likeness (QED) is 0.125. The molecule has 0 radical (unpaired) electrons. The van der Waals surface area contributed by atoms with Gasteiger partial charge < -0.3 is 0 Å². The maximum absolute atomic E-state index is 4.19. The highest BCUT2D eigenvalue weighted by atomic mass is 14.3. The lowest BCUT2D eigenvalue weighted by atomic mass is 9.82. The number of fused-ring (bicyclic) bond motifs is 3. The van der Waals surface area contributed by atoms with Gasteiger partial charge >= 0.3 is 0 Å². The van der Waals surface area contributed by atoms with Gasteiger partial charge in [0.05, 0.1) is 0 Å². The van der Waals surface area contributed by atoms with E-state index in [0.717, 1.165) is 6.42 Å². The fraction of sp³-hybridized carbons (Fsp3) is 0.158. The molecule has 0 saturated heterocycles. The topological polar surface area (TPSA) is 0 Å². The van der Waals surface area contributed by atoms with Gasteiger partial charge in [0.2, 0.25) is 0 Å². The van der Waals surface area contributed by atoms with Gasteiger partial charge in [0, 0.05) is 0 Å². The Hall–Kier alpha value is -6.24. The van der Waals surface area contributed by atoms with Crippen LogP contribution < -0.4 is 0 Å². The minimum atomic E-state index is 0.0845. The highest BCUT2D eigenvalue weighted by Gasteiger charge is 2.24. The fourth-order valence-corrected chi connectivity index (χ4v) is 9.95. The third-order valence-corrected chi connectivity index (χ3v) is 13.0. The zero-order chi connectivity index (χ0) is 39.0. The molecule has 1 aliphatic rings. The molecule has 274 valence electrons. The predicted octanol–water partition coefficient (Wildman–Crippen LogP) is 15.9. The van der Waals surface area contributed by atoms with Crippen LogP contribution in [0.15, 0.2) is 152 Å². The standard InChI is InChI=1S/C57H46/c1-8-9-45(47-23-19-34-11-17-40-28-44(57(5,6)7)30-42-21-25-49(47)55(34)53(40)42)37-14-12-35-26-36-13-15-38(32-51(36)50(35)31-37)46-22-18-33-10-16-39-27-43(56(2,3)4)29-41-20-24-48(46)54(33)52(39)41/h8-25,27-32H,1,26H2,2-7H3/b45-9+. The van der Waals surface area contributed by atoms with Crippen LogP contribution in [-0.4, -0.2) is 0 Å². The van der Waals surface area contributed by atoms with Crippen molar-refractivity contribution in [3.05, 3.63) is 186 Å². The summed E-state index contributed by atoms with van der Waals surface area (Å²) < 4.78 is 0. The van der Waals surface area contributed by atoms with Gasteiger partial charge in [0.15, 0.2) is 0 Å². The van der Waals surface area contributed by atoms with Crippen LogP contribution in [0.2, 0.25) is 0 Å². The van der Waals surface area contributed by atoms with E-state index in [1.807, 2.05) is 6.08 Å². The minimum absolute atomic E-state index is 0.0845. The average Bonchev–Trinajstić information content (AvgIpc) is 3.57. The molecule has 0 N–H and O–H groups in total. The van der Waals surface area contributed by atoms with Crippen molar-refractivity contribution in [2.75, 3.05) is 0 Å². The molecule has 0 nitrogen and oxygen atoms in total. The summed E-state index contributed by atoms with van der Waals surface area (Å²) in [7, 11) is 0. The molecule has 0 heterocycles. The molecule has 0 atom stereocenters.